The molecular weight excluding hydrogens is 364 g/mol. The number of rotatable bonds is 7. The first kappa shape index (κ1) is 19.9. The molecule has 1 amide bonds. The van der Waals surface area contributed by atoms with E-state index in [1.807, 2.05) is 35.2 Å². The molecule has 29 heavy (non-hydrogen) atoms. The molecule has 1 aromatic heterocycles. The lowest BCUT2D eigenvalue weighted by Gasteiger charge is -2.29. The molecule has 0 unspecified atom stereocenters. The van der Waals surface area contributed by atoms with Gasteiger partial charge in [-0.2, -0.15) is 0 Å². The number of amides is 1. The minimum atomic E-state index is 0.148. The molecule has 4 rings (SSSR count). The summed E-state index contributed by atoms with van der Waals surface area (Å²) in [4.78, 5) is 19.7. The molecule has 2 heterocycles. The maximum Gasteiger partial charge on any atom is 0.226 e. The summed E-state index contributed by atoms with van der Waals surface area (Å²) in [5, 5.41) is 0. The number of carbonyl (C=O) groups excluding carboxylic acids is 1. The van der Waals surface area contributed by atoms with Gasteiger partial charge in [0.2, 0.25) is 5.91 Å². The number of benzene rings is 1. The van der Waals surface area contributed by atoms with Crippen LogP contribution in [0, 0.1) is 5.92 Å². The molecule has 154 valence electrons. The van der Waals surface area contributed by atoms with E-state index < -0.39 is 0 Å². The lowest BCUT2D eigenvalue weighted by molar-refractivity contribution is -0.138. The average Bonchev–Trinajstić information content (AvgIpc) is 3.28. The number of pyridine rings is 1. The Morgan fingerprint density at radius 1 is 1.03 bits per heavy atom. The summed E-state index contributed by atoms with van der Waals surface area (Å²) in [7, 11) is 0. The summed E-state index contributed by atoms with van der Waals surface area (Å²) in [6.45, 7) is 2.58. The Hall–Kier alpha value is -2.40. The Kier molecular flexibility index (Phi) is 6.78. The van der Waals surface area contributed by atoms with Crippen LogP contribution in [0.1, 0.15) is 49.8 Å². The number of ether oxygens (including phenoxy) is 2. The summed E-state index contributed by atoms with van der Waals surface area (Å²) >= 11 is 0. The zero-order chi connectivity index (χ0) is 19.9. The molecule has 5 nitrogen and oxygen atoms in total. The number of aromatic nitrogens is 1. The lowest BCUT2D eigenvalue weighted by atomic mass is 9.88. The van der Waals surface area contributed by atoms with E-state index in [1.165, 1.54) is 6.42 Å². The van der Waals surface area contributed by atoms with Crippen LogP contribution in [0.15, 0.2) is 48.7 Å². The van der Waals surface area contributed by atoms with E-state index in [0.29, 0.717) is 19.7 Å². The third-order valence-electron chi connectivity index (χ3n) is 5.83. The zero-order valence-corrected chi connectivity index (χ0v) is 17.0. The SMILES string of the molecule is O=C(C1CCCCC1)N(Cc1ccc(O[C@@H]2CCOC2)cc1)Cc1ccccn1. The normalized spacial score (nSPS) is 19.8. The second kappa shape index (κ2) is 9.88. The maximum absolute atomic E-state index is 13.3. The zero-order valence-electron chi connectivity index (χ0n) is 17.0. The van der Waals surface area contributed by atoms with Gasteiger partial charge in [0.1, 0.15) is 11.9 Å². The first-order valence-corrected chi connectivity index (χ1v) is 10.8. The monoisotopic (exact) mass is 394 g/mol. The molecule has 1 saturated heterocycles. The van der Waals surface area contributed by atoms with E-state index in [9.17, 15) is 4.79 Å². The van der Waals surface area contributed by atoms with Gasteiger partial charge < -0.3 is 14.4 Å². The van der Waals surface area contributed by atoms with Crippen LogP contribution in [-0.2, 0) is 22.6 Å². The minimum absolute atomic E-state index is 0.148. The van der Waals surface area contributed by atoms with Crippen molar-refractivity contribution in [3.63, 3.8) is 0 Å². The highest BCUT2D eigenvalue weighted by Gasteiger charge is 2.26. The summed E-state index contributed by atoms with van der Waals surface area (Å²) in [6.07, 6.45) is 8.45. The molecule has 0 radical (unpaired) electrons. The van der Waals surface area contributed by atoms with Gasteiger partial charge in [0.25, 0.3) is 0 Å². The summed E-state index contributed by atoms with van der Waals surface area (Å²) < 4.78 is 11.3. The highest BCUT2D eigenvalue weighted by atomic mass is 16.5. The predicted octanol–water partition coefficient (Wildman–Crippen LogP) is 4.36. The van der Waals surface area contributed by atoms with Crippen molar-refractivity contribution in [2.75, 3.05) is 13.2 Å². The molecule has 2 fully saturated rings. The quantitative estimate of drug-likeness (QED) is 0.700. The molecule has 1 aliphatic heterocycles. The van der Waals surface area contributed by atoms with Crippen molar-refractivity contribution in [3.8, 4) is 5.75 Å². The van der Waals surface area contributed by atoms with Gasteiger partial charge in [-0.05, 0) is 42.7 Å². The van der Waals surface area contributed by atoms with Crippen LogP contribution < -0.4 is 4.74 Å². The van der Waals surface area contributed by atoms with Crippen molar-refractivity contribution in [1.29, 1.82) is 0 Å². The molecule has 5 heteroatoms. The van der Waals surface area contributed by atoms with Crippen LogP contribution in [0.2, 0.25) is 0 Å². The van der Waals surface area contributed by atoms with E-state index in [1.54, 1.807) is 6.20 Å². The molecular formula is C24H30N2O3. The van der Waals surface area contributed by atoms with Crippen LogP contribution >= 0.6 is 0 Å². The van der Waals surface area contributed by atoms with Crippen LogP contribution in [0.4, 0.5) is 0 Å². The van der Waals surface area contributed by atoms with E-state index >= 15 is 0 Å². The molecule has 2 aromatic rings. The number of nitrogens with zero attached hydrogens (tertiary/aromatic N) is 2. The van der Waals surface area contributed by atoms with Gasteiger partial charge in [0.15, 0.2) is 0 Å². The molecule has 0 N–H and O–H groups in total. The van der Waals surface area contributed by atoms with Crippen molar-refractivity contribution in [1.82, 2.24) is 9.88 Å². The van der Waals surface area contributed by atoms with Crippen LogP contribution in [-0.4, -0.2) is 35.1 Å². The highest BCUT2D eigenvalue weighted by molar-refractivity contribution is 5.79. The van der Waals surface area contributed by atoms with Gasteiger partial charge in [-0.15, -0.1) is 0 Å². The van der Waals surface area contributed by atoms with Gasteiger partial charge in [-0.3, -0.25) is 9.78 Å². The Morgan fingerprint density at radius 2 is 1.86 bits per heavy atom. The predicted molar refractivity (Wildman–Crippen MR) is 111 cm³/mol. The van der Waals surface area contributed by atoms with E-state index in [-0.39, 0.29) is 17.9 Å². The third kappa shape index (κ3) is 5.57. The third-order valence-corrected chi connectivity index (χ3v) is 5.83. The van der Waals surface area contributed by atoms with Gasteiger partial charge in [-0.25, -0.2) is 0 Å². The fourth-order valence-electron chi connectivity index (χ4n) is 4.20. The smallest absolute Gasteiger partial charge is 0.226 e. The molecule has 1 atom stereocenters. The summed E-state index contributed by atoms with van der Waals surface area (Å²) in [5.74, 6) is 1.27. The van der Waals surface area contributed by atoms with Crippen LogP contribution in [0.25, 0.3) is 0 Å². The van der Waals surface area contributed by atoms with Crippen molar-refractivity contribution < 1.29 is 14.3 Å². The summed E-state index contributed by atoms with van der Waals surface area (Å²) in [5.41, 5.74) is 2.04. The number of hydrogen-bond acceptors (Lipinski definition) is 4. The van der Waals surface area contributed by atoms with Gasteiger partial charge in [0, 0.05) is 25.1 Å². The standard InChI is InChI=1S/C24H30N2O3/c27-24(20-6-2-1-3-7-20)26(17-21-8-4-5-14-25-21)16-19-9-11-22(12-10-19)29-23-13-15-28-18-23/h4-5,8-12,14,20,23H,1-3,6-7,13,15-18H2/t23-/m1/s1. The van der Waals surface area contributed by atoms with Gasteiger partial charge in [-0.1, -0.05) is 37.5 Å². The Balaban J connectivity index is 1.44. The maximum atomic E-state index is 13.3. The Bertz CT molecular complexity index is 766. The first-order valence-electron chi connectivity index (χ1n) is 10.8. The average molecular weight is 395 g/mol. The molecule has 1 saturated carbocycles. The van der Waals surface area contributed by atoms with Gasteiger partial charge >= 0.3 is 0 Å². The first-order chi connectivity index (χ1) is 14.3. The van der Waals surface area contributed by atoms with E-state index in [2.05, 4.69) is 17.1 Å². The molecule has 1 aliphatic carbocycles. The van der Waals surface area contributed by atoms with Crippen molar-refractivity contribution in [2.24, 2.45) is 5.92 Å². The fraction of sp³-hybridized carbons (Fsp3) is 0.500. The molecule has 2 aliphatic rings. The number of hydrogen-bond donors (Lipinski definition) is 0. The van der Waals surface area contributed by atoms with Crippen molar-refractivity contribution in [2.45, 2.75) is 57.7 Å². The highest BCUT2D eigenvalue weighted by Crippen LogP contribution is 2.27. The van der Waals surface area contributed by atoms with Crippen molar-refractivity contribution in [3.05, 3.63) is 59.9 Å². The van der Waals surface area contributed by atoms with E-state index in [0.717, 1.165) is 55.7 Å². The topological polar surface area (TPSA) is 51.7 Å². The van der Waals surface area contributed by atoms with Crippen molar-refractivity contribution >= 4 is 5.91 Å². The largest absolute Gasteiger partial charge is 0.488 e. The Labute approximate surface area is 173 Å². The summed E-state index contributed by atoms with van der Waals surface area (Å²) in [6, 6.07) is 14.0. The van der Waals surface area contributed by atoms with Crippen LogP contribution in [0.5, 0.6) is 5.75 Å². The molecule has 1 aromatic carbocycles. The molecule has 0 bridgehead atoms. The Morgan fingerprint density at radius 3 is 2.55 bits per heavy atom. The fourth-order valence-corrected chi connectivity index (χ4v) is 4.20. The van der Waals surface area contributed by atoms with Gasteiger partial charge in [0.05, 0.1) is 25.5 Å². The molecule has 0 spiro atoms. The number of carbonyl (C=O) groups is 1. The second-order valence-electron chi connectivity index (χ2n) is 8.10. The van der Waals surface area contributed by atoms with E-state index in [4.69, 9.17) is 9.47 Å². The lowest BCUT2D eigenvalue weighted by Crippen LogP contribution is -2.36. The van der Waals surface area contributed by atoms with Crippen LogP contribution in [0.3, 0.4) is 0 Å². The second-order valence-corrected chi connectivity index (χ2v) is 8.10. The minimum Gasteiger partial charge on any atom is -0.488 e.